The van der Waals surface area contributed by atoms with Crippen molar-refractivity contribution in [2.45, 2.75) is 32.5 Å². The van der Waals surface area contributed by atoms with Crippen LogP contribution in [0.15, 0.2) is 30.3 Å². The standard InChI is InChI=1S/C18H21ClN4O3/c1-11-9-12(2)23(22-11)8-7-20-18(25)17-16(21-15(24)10-26-17)13-5-3-4-6-14(13)19/h3-6,9,16-17H,7-8,10H2,1-2H3,(H,20,25)(H,21,24)/t16-,17+/m1/s1. The SMILES string of the molecule is Cc1cc(C)n(CCNC(=O)[C@H]2OCC(=O)N[C@@H]2c2ccccc2Cl)n1. The highest BCUT2D eigenvalue weighted by atomic mass is 35.5. The molecule has 0 saturated carbocycles. The number of amides is 2. The van der Waals surface area contributed by atoms with E-state index in [0.717, 1.165) is 11.4 Å². The number of aryl methyl sites for hydroxylation is 2. The zero-order valence-corrected chi connectivity index (χ0v) is 15.4. The van der Waals surface area contributed by atoms with E-state index < -0.39 is 12.1 Å². The molecule has 2 N–H and O–H groups in total. The largest absolute Gasteiger partial charge is 0.356 e. The smallest absolute Gasteiger partial charge is 0.251 e. The van der Waals surface area contributed by atoms with E-state index in [2.05, 4.69) is 15.7 Å². The molecule has 1 aromatic carbocycles. The lowest BCUT2D eigenvalue weighted by atomic mass is 9.99. The quantitative estimate of drug-likeness (QED) is 0.828. The van der Waals surface area contributed by atoms with E-state index in [1.807, 2.05) is 24.6 Å². The van der Waals surface area contributed by atoms with Gasteiger partial charge in [-0.05, 0) is 31.5 Å². The van der Waals surface area contributed by atoms with Crippen molar-refractivity contribution in [3.05, 3.63) is 52.3 Å². The predicted octanol–water partition coefficient (Wildman–Crippen LogP) is 1.53. The summed E-state index contributed by atoms with van der Waals surface area (Å²) in [6, 6.07) is 8.45. The molecule has 0 unspecified atom stereocenters. The first kappa shape index (κ1) is 18.4. The lowest BCUT2D eigenvalue weighted by Crippen LogP contribution is -2.52. The molecular weight excluding hydrogens is 356 g/mol. The summed E-state index contributed by atoms with van der Waals surface area (Å²) in [6.45, 7) is 4.70. The second-order valence-electron chi connectivity index (χ2n) is 6.24. The summed E-state index contributed by atoms with van der Waals surface area (Å²) >= 11 is 6.23. The van der Waals surface area contributed by atoms with Crippen molar-refractivity contribution < 1.29 is 14.3 Å². The third-order valence-corrected chi connectivity index (χ3v) is 4.58. The lowest BCUT2D eigenvalue weighted by molar-refractivity contribution is -0.148. The second-order valence-corrected chi connectivity index (χ2v) is 6.65. The van der Waals surface area contributed by atoms with Gasteiger partial charge in [0.05, 0.1) is 18.3 Å². The highest BCUT2D eigenvalue weighted by Gasteiger charge is 2.36. The third kappa shape index (κ3) is 4.05. The number of hydrogen-bond acceptors (Lipinski definition) is 4. The normalized spacial score (nSPS) is 19.9. The Kier molecular flexibility index (Phi) is 5.58. The monoisotopic (exact) mass is 376 g/mol. The van der Waals surface area contributed by atoms with E-state index in [0.29, 0.717) is 23.7 Å². The maximum atomic E-state index is 12.6. The molecule has 8 heteroatoms. The number of aromatic nitrogens is 2. The number of nitrogens with one attached hydrogen (secondary N) is 2. The predicted molar refractivity (Wildman–Crippen MR) is 96.8 cm³/mol. The Bertz CT molecular complexity index is 821. The van der Waals surface area contributed by atoms with Gasteiger partial charge in [0.15, 0.2) is 6.10 Å². The molecule has 2 heterocycles. The van der Waals surface area contributed by atoms with Crippen LogP contribution in [0.3, 0.4) is 0 Å². The Morgan fingerprint density at radius 1 is 1.42 bits per heavy atom. The average molecular weight is 377 g/mol. The van der Waals surface area contributed by atoms with E-state index in [1.165, 1.54) is 0 Å². The Morgan fingerprint density at radius 2 is 2.19 bits per heavy atom. The molecule has 3 rings (SSSR count). The number of carbonyl (C=O) groups is 2. The van der Waals surface area contributed by atoms with Gasteiger partial charge in [0, 0.05) is 17.3 Å². The minimum absolute atomic E-state index is 0.156. The highest BCUT2D eigenvalue weighted by molar-refractivity contribution is 6.31. The van der Waals surface area contributed by atoms with Gasteiger partial charge in [0.1, 0.15) is 6.61 Å². The number of nitrogens with zero attached hydrogens (tertiary/aromatic N) is 2. The molecule has 26 heavy (non-hydrogen) atoms. The maximum absolute atomic E-state index is 12.6. The summed E-state index contributed by atoms with van der Waals surface area (Å²) in [5.41, 5.74) is 2.62. The van der Waals surface area contributed by atoms with Crippen LogP contribution in [-0.2, 0) is 20.9 Å². The van der Waals surface area contributed by atoms with Crippen LogP contribution in [0, 0.1) is 13.8 Å². The highest BCUT2D eigenvalue weighted by Crippen LogP contribution is 2.28. The lowest BCUT2D eigenvalue weighted by Gasteiger charge is -2.32. The zero-order valence-electron chi connectivity index (χ0n) is 14.7. The maximum Gasteiger partial charge on any atom is 0.251 e. The van der Waals surface area contributed by atoms with E-state index >= 15 is 0 Å². The molecule has 7 nitrogen and oxygen atoms in total. The van der Waals surface area contributed by atoms with E-state index in [9.17, 15) is 9.59 Å². The van der Waals surface area contributed by atoms with Crippen LogP contribution in [0.25, 0.3) is 0 Å². The van der Waals surface area contributed by atoms with Crippen molar-refractivity contribution in [3.8, 4) is 0 Å². The molecule has 0 spiro atoms. The van der Waals surface area contributed by atoms with Crippen LogP contribution in [-0.4, -0.2) is 40.9 Å². The Morgan fingerprint density at radius 3 is 2.88 bits per heavy atom. The van der Waals surface area contributed by atoms with Crippen LogP contribution in [0.1, 0.15) is 23.0 Å². The van der Waals surface area contributed by atoms with Crippen molar-refractivity contribution in [1.29, 1.82) is 0 Å². The molecule has 2 atom stereocenters. The number of carbonyl (C=O) groups excluding carboxylic acids is 2. The fourth-order valence-corrected chi connectivity index (χ4v) is 3.29. The van der Waals surface area contributed by atoms with Gasteiger partial charge < -0.3 is 15.4 Å². The number of morpholine rings is 1. The van der Waals surface area contributed by atoms with Crippen LogP contribution in [0.5, 0.6) is 0 Å². The molecule has 2 aromatic rings. The molecular formula is C18H21ClN4O3. The molecule has 1 aliphatic heterocycles. The summed E-state index contributed by atoms with van der Waals surface area (Å²) in [7, 11) is 0. The van der Waals surface area contributed by atoms with Gasteiger partial charge in [-0.25, -0.2) is 0 Å². The fraction of sp³-hybridized carbons (Fsp3) is 0.389. The molecule has 2 amide bonds. The molecule has 0 aliphatic carbocycles. The van der Waals surface area contributed by atoms with Gasteiger partial charge in [-0.3, -0.25) is 14.3 Å². The number of ether oxygens (including phenoxy) is 1. The first-order chi connectivity index (χ1) is 12.5. The fourth-order valence-electron chi connectivity index (χ4n) is 3.03. The molecule has 0 radical (unpaired) electrons. The number of benzene rings is 1. The molecule has 1 aromatic heterocycles. The van der Waals surface area contributed by atoms with Gasteiger partial charge in [-0.2, -0.15) is 5.10 Å². The summed E-state index contributed by atoms with van der Waals surface area (Å²) < 4.78 is 7.34. The minimum Gasteiger partial charge on any atom is -0.356 e. The van der Waals surface area contributed by atoms with Crippen LogP contribution >= 0.6 is 11.6 Å². The number of halogens is 1. The van der Waals surface area contributed by atoms with Gasteiger partial charge in [-0.1, -0.05) is 29.8 Å². The third-order valence-electron chi connectivity index (χ3n) is 4.24. The van der Waals surface area contributed by atoms with E-state index in [4.69, 9.17) is 16.3 Å². The van der Waals surface area contributed by atoms with Crippen molar-refractivity contribution in [2.24, 2.45) is 0 Å². The second kappa shape index (κ2) is 7.88. The molecule has 0 bridgehead atoms. The molecule has 1 saturated heterocycles. The van der Waals surface area contributed by atoms with E-state index in [-0.39, 0.29) is 18.4 Å². The van der Waals surface area contributed by atoms with Gasteiger partial charge in [0.25, 0.3) is 5.91 Å². The summed E-state index contributed by atoms with van der Waals surface area (Å²) in [6.07, 6.45) is -0.840. The first-order valence-electron chi connectivity index (χ1n) is 8.40. The average Bonchev–Trinajstić information content (AvgIpc) is 2.92. The van der Waals surface area contributed by atoms with Crippen LogP contribution in [0.2, 0.25) is 5.02 Å². The topological polar surface area (TPSA) is 85.2 Å². The zero-order chi connectivity index (χ0) is 18.7. The molecule has 1 aliphatic rings. The summed E-state index contributed by atoms with van der Waals surface area (Å²) in [4.78, 5) is 24.4. The Balaban J connectivity index is 1.67. The minimum atomic E-state index is -0.840. The van der Waals surface area contributed by atoms with Crippen LogP contribution in [0.4, 0.5) is 0 Å². The Hall–Kier alpha value is -2.38. The van der Waals surface area contributed by atoms with E-state index in [1.54, 1.807) is 24.3 Å². The van der Waals surface area contributed by atoms with Gasteiger partial charge in [0.2, 0.25) is 5.91 Å². The molecule has 1 fully saturated rings. The number of hydrogen-bond donors (Lipinski definition) is 2. The Labute approximate surface area is 156 Å². The number of rotatable bonds is 5. The van der Waals surface area contributed by atoms with Crippen molar-refractivity contribution >= 4 is 23.4 Å². The van der Waals surface area contributed by atoms with Gasteiger partial charge in [-0.15, -0.1) is 0 Å². The van der Waals surface area contributed by atoms with Crippen molar-refractivity contribution in [2.75, 3.05) is 13.2 Å². The van der Waals surface area contributed by atoms with Crippen molar-refractivity contribution in [1.82, 2.24) is 20.4 Å². The van der Waals surface area contributed by atoms with Crippen molar-refractivity contribution in [3.63, 3.8) is 0 Å². The first-order valence-corrected chi connectivity index (χ1v) is 8.77. The summed E-state index contributed by atoms with van der Waals surface area (Å²) in [5, 5.41) is 10.5. The van der Waals surface area contributed by atoms with Gasteiger partial charge >= 0.3 is 0 Å². The van der Waals surface area contributed by atoms with Crippen LogP contribution < -0.4 is 10.6 Å². The summed E-state index contributed by atoms with van der Waals surface area (Å²) in [5.74, 6) is -0.571. The molecule has 138 valence electrons.